The quantitative estimate of drug-likeness (QED) is 0.464. The summed E-state index contributed by atoms with van der Waals surface area (Å²) in [6.45, 7) is 6.36. The molecule has 5 rings (SSSR count). The average molecular weight is 348 g/mol. The maximum absolute atomic E-state index is 12.9. The first-order chi connectivity index (χ1) is 11.9. The van der Waals surface area contributed by atoms with Crippen LogP contribution >= 0.6 is 0 Å². The van der Waals surface area contributed by atoms with Crippen molar-refractivity contribution in [3.63, 3.8) is 0 Å². The Bertz CT molecular complexity index is 646. The van der Waals surface area contributed by atoms with Crippen LogP contribution in [-0.2, 0) is 14.3 Å². The molecule has 5 nitrogen and oxygen atoms in total. The number of aliphatic hydroxyl groups is 2. The van der Waals surface area contributed by atoms with E-state index in [4.69, 9.17) is 9.47 Å². The van der Waals surface area contributed by atoms with E-state index in [1.807, 2.05) is 6.92 Å². The van der Waals surface area contributed by atoms with Crippen LogP contribution < -0.4 is 0 Å². The molecule has 0 radical (unpaired) electrons. The Morgan fingerprint density at radius 3 is 2.92 bits per heavy atom. The lowest BCUT2D eigenvalue weighted by Crippen LogP contribution is -2.52. The highest BCUT2D eigenvalue weighted by Gasteiger charge is 2.81. The van der Waals surface area contributed by atoms with Gasteiger partial charge in [0, 0.05) is 11.8 Å². The summed E-state index contributed by atoms with van der Waals surface area (Å²) in [6.07, 6.45) is 4.98. The highest BCUT2D eigenvalue weighted by molar-refractivity contribution is 5.82. The summed E-state index contributed by atoms with van der Waals surface area (Å²) < 4.78 is 11.7. The van der Waals surface area contributed by atoms with Crippen LogP contribution in [0.5, 0.6) is 0 Å². The van der Waals surface area contributed by atoms with Gasteiger partial charge >= 0.3 is 5.97 Å². The Morgan fingerprint density at radius 1 is 1.36 bits per heavy atom. The van der Waals surface area contributed by atoms with E-state index in [0.717, 1.165) is 32.1 Å². The van der Waals surface area contributed by atoms with Crippen LogP contribution in [-0.4, -0.2) is 41.3 Å². The van der Waals surface area contributed by atoms with Crippen LogP contribution in [0.4, 0.5) is 0 Å². The third-order valence-corrected chi connectivity index (χ3v) is 8.77. The minimum Gasteiger partial charge on any atom is -0.458 e. The first kappa shape index (κ1) is 16.3. The van der Waals surface area contributed by atoms with E-state index in [9.17, 15) is 15.0 Å². The third kappa shape index (κ3) is 1.64. The second kappa shape index (κ2) is 4.87. The molecular weight excluding hydrogens is 320 g/mol. The first-order valence-electron chi connectivity index (χ1n) is 9.68. The van der Waals surface area contributed by atoms with Crippen LogP contribution in [0.15, 0.2) is 12.2 Å². The molecule has 5 fully saturated rings. The van der Waals surface area contributed by atoms with Crippen LogP contribution in [0.2, 0.25) is 0 Å². The Hall–Kier alpha value is -0.910. The number of carbonyl (C=O) groups excluding carboxylic acids is 1. The normalized spacial score (nSPS) is 55.9. The van der Waals surface area contributed by atoms with E-state index in [1.54, 1.807) is 0 Å². The standard InChI is InChI=1S/C20H28O5/c1-11-7-19-8-12(11)3-4-14(19)20-6-5-15(22)18(2,17(23)25-20)16(20)13(19)9-24-10-21/h12-16,21-22H,1,3-10H2,2H3/t12-,13+,14-,15+,16-,18-,19-,20-/m1/s1. The topological polar surface area (TPSA) is 76.0 Å². The summed E-state index contributed by atoms with van der Waals surface area (Å²) in [5.74, 6) is 0.753. The maximum atomic E-state index is 12.9. The summed E-state index contributed by atoms with van der Waals surface area (Å²) in [7, 11) is 0. The number of esters is 1. The summed E-state index contributed by atoms with van der Waals surface area (Å²) >= 11 is 0. The molecule has 0 aromatic rings. The van der Waals surface area contributed by atoms with Crippen molar-refractivity contribution in [1.82, 2.24) is 0 Å². The summed E-state index contributed by atoms with van der Waals surface area (Å²) in [4.78, 5) is 12.9. The van der Waals surface area contributed by atoms with E-state index in [-0.39, 0.29) is 30.0 Å². The molecule has 1 heterocycles. The van der Waals surface area contributed by atoms with Crippen LogP contribution in [0.1, 0.15) is 45.4 Å². The van der Waals surface area contributed by atoms with Crippen molar-refractivity contribution in [2.75, 3.05) is 13.4 Å². The number of hydrogen-bond acceptors (Lipinski definition) is 5. The summed E-state index contributed by atoms with van der Waals surface area (Å²) in [6, 6.07) is 0. The molecule has 5 heteroatoms. The van der Waals surface area contributed by atoms with Gasteiger partial charge in [-0.05, 0) is 62.7 Å². The van der Waals surface area contributed by atoms with E-state index >= 15 is 0 Å². The molecule has 4 saturated carbocycles. The predicted molar refractivity (Wildman–Crippen MR) is 89.2 cm³/mol. The van der Waals surface area contributed by atoms with E-state index in [2.05, 4.69) is 6.58 Å². The molecule has 1 saturated heterocycles. The fourth-order valence-electron chi connectivity index (χ4n) is 7.93. The third-order valence-electron chi connectivity index (χ3n) is 8.77. The van der Waals surface area contributed by atoms with Gasteiger partial charge < -0.3 is 19.7 Å². The molecule has 0 amide bonds. The number of hydrogen-bond donors (Lipinski definition) is 2. The minimum atomic E-state index is -0.854. The van der Waals surface area contributed by atoms with Crippen molar-refractivity contribution in [1.29, 1.82) is 0 Å². The van der Waals surface area contributed by atoms with E-state index in [1.165, 1.54) is 5.57 Å². The van der Waals surface area contributed by atoms with Crippen molar-refractivity contribution in [3.8, 4) is 0 Å². The lowest BCUT2D eigenvalue weighted by molar-refractivity contribution is -0.161. The minimum absolute atomic E-state index is 0.0301. The molecule has 25 heavy (non-hydrogen) atoms. The Labute approximate surface area is 148 Å². The zero-order chi connectivity index (χ0) is 17.6. The second-order valence-corrected chi connectivity index (χ2v) is 9.36. The zero-order valence-electron chi connectivity index (χ0n) is 14.9. The molecule has 1 aliphatic heterocycles. The molecule has 2 N–H and O–H groups in total. The van der Waals surface area contributed by atoms with Gasteiger partial charge in [-0.1, -0.05) is 12.2 Å². The van der Waals surface area contributed by atoms with Gasteiger partial charge in [-0.15, -0.1) is 0 Å². The van der Waals surface area contributed by atoms with Gasteiger partial charge in [0.15, 0.2) is 0 Å². The van der Waals surface area contributed by atoms with Crippen molar-refractivity contribution in [2.45, 2.75) is 57.2 Å². The molecule has 0 unspecified atom stereocenters. The molecule has 4 bridgehead atoms. The second-order valence-electron chi connectivity index (χ2n) is 9.36. The number of ether oxygens (including phenoxy) is 2. The van der Waals surface area contributed by atoms with Crippen LogP contribution in [0.25, 0.3) is 0 Å². The van der Waals surface area contributed by atoms with Gasteiger partial charge in [0.25, 0.3) is 0 Å². The van der Waals surface area contributed by atoms with E-state index < -0.39 is 17.1 Å². The molecule has 4 aliphatic carbocycles. The molecule has 5 aliphatic rings. The molecule has 1 spiro atoms. The fourth-order valence-corrected chi connectivity index (χ4v) is 7.93. The Kier molecular flexibility index (Phi) is 3.17. The lowest BCUT2D eigenvalue weighted by Gasteiger charge is -2.44. The maximum Gasteiger partial charge on any atom is 0.315 e. The van der Waals surface area contributed by atoms with Gasteiger partial charge in [0.05, 0.1) is 18.1 Å². The van der Waals surface area contributed by atoms with Crippen molar-refractivity contribution in [2.24, 2.45) is 34.5 Å². The Balaban J connectivity index is 1.68. The van der Waals surface area contributed by atoms with Gasteiger partial charge in [0.2, 0.25) is 0 Å². The Morgan fingerprint density at radius 2 is 2.16 bits per heavy atom. The number of rotatable bonds is 3. The lowest BCUT2D eigenvalue weighted by atomic mass is 9.59. The number of aliphatic hydroxyl groups excluding tert-OH is 2. The average Bonchev–Trinajstić information content (AvgIpc) is 3.04. The molecule has 138 valence electrons. The van der Waals surface area contributed by atoms with Crippen molar-refractivity contribution >= 4 is 5.97 Å². The molecule has 0 aromatic carbocycles. The highest BCUT2D eigenvalue weighted by atomic mass is 16.6. The SMILES string of the molecule is C=C1C[C@]23C[C@H]1CC[C@H]2[C@@]12CC[C@H](O)[C@@](C)(C(=O)O1)[C@H]2[C@@H]3COCO. The van der Waals surface area contributed by atoms with Gasteiger partial charge in [-0.25, -0.2) is 0 Å². The first-order valence-corrected chi connectivity index (χ1v) is 9.68. The smallest absolute Gasteiger partial charge is 0.315 e. The van der Waals surface area contributed by atoms with Gasteiger partial charge in [0.1, 0.15) is 12.4 Å². The summed E-state index contributed by atoms with van der Waals surface area (Å²) in [5.41, 5.74) is 0.0721. The van der Waals surface area contributed by atoms with Crippen LogP contribution in [0.3, 0.4) is 0 Å². The molecule has 8 atom stereocenters. The molecule has 0 aromatic heterocycles. The number of fused-ring (bicyclic) bond motifs is 1. The largest absolute Gasteiger partial charge is 0.458 e. The zero-order valence-corrected chi connectivity index (χ0v) is 14.9. The monoisotopic (exact) mass is 348 g/mol. The fraction of sp³-hybridized carbons (Fsp3) is 0.850. The molecular formula is C20H28O5. The number of carbonyl (C=O) groups is 1. The van der Waals surface area contributed by atoms with E-state index in [0.29, 0.717) is 24.9 Å². The van der Waals surface area contributed by atoms with Gasteiger partial charge in [-0.3, -0.25) is 4.79 Å². The van der Waals surface area contributed by atoms with Gasteiger partial charge in [-0.2, -0.15) is 0 Å². The van der Waals surface area contributed by atoms with Crippen molar-refractivity contribution in [3.05, 3.63) is 12.2 Å². The summed E-state index contributed by atoms with van der Waals surface area (Å²) in [5, 5.41) is 20.0. The predicted octanol–water partition coefficient (Wildman–Crippen LogP) is 2.02. The van der Waals surface area contributed by atoms with Crippen molar-refractivity contribution < 1.29 is 24.5 Å². The highest BCUT2D eigenvalue weighted by Crippen LogP contribution is 2.77. The van der Waals surface area contributed by atoms with Crippen LogP contribution in [0, 0.1) is 34.5 Å². The number of allylic oxidation sites excluding steroid dienone is 1.